The summed E-state index contributed by atoms with van der Waals surface area (Å²) in [6.07, 6.45) is 1.60. The van der Waals surface area contributed by atoms with Crippen molar-refractivity contribution in [1.82, 2.24) is 0 Å². The summed E-state index contributed by atoms with van der Waals surface area (Å²) in [6.45, 7) is 0. The minimum Gasteiger partial charge on any atom is -0.493 e. The van der Waals surface area contributed by atoms with Gasteiger partial charge >= 0.3 is 11.9 Å². The van der Waals surface area contributed by atoms with Crippen molar-refractivity contribution in [2.45, 2.75) is 0 Å². The molecule has 0 aromatic heterocycles. The van der Waals surface area contributed by atoms with Crippen LogP contribution in [0.4, 0.5) is 0 Å². The molecule has 3 aromatic carbocycles. The maximum absolute atomic E-state index is 12.7. The largest absolute Gasteiger partial charge is 0.493 e. The lowest BCUT2D eigenvalue weighted by Crippen LogP contribution is -2.09. The van der Waals surface area contributed by atoms with Crippen molar-refractivity contribution in [3.8, 4) is 23.0 Å². The fraction of sp³-hybridized carbons (Fsp3) is 0.115. The highest BCUT2D eigenvalue weighted by molar-refractivity contribution is 6.12. The van der Waals surface area contributed by atoms with E-state index in [4.69, 9.17) is 23.7 Å². The predicted molar refractivity (Wildman–Crippen MR) is 125 cm³/mol. The van der Waals surface area contributed by atoms with Gasteiger partial charge in [-0.1, -0.05) is 30.3 Å². The second-order valence-electron chi connectivity index (χ2n) is 7.07. The van der Waals surface area contributed by atoms with Crippen LogP contribution < -0.4 is 18.9 Å². The minimum atomic E-state index is -0.596. The van der Waals surface area contributed by atoms with E-state index in [1.165, 1.54) is 33.5 Å². The summed E-state index contributed by atoms with van der Waals surface area (Å²) in [5, 5.41) is 0. The Kier molecular flexibility index (Phi) is 6.59. The molecule has 0 N–H and O–H groups in total. The van der Waals surface area contributed by atoms with Crippen LogP contribution >= 0.6 is 0 Å². The summed E-state index contributed by atoms with van der Waals surface area (Å²) >= 11 is 0. The zero-order valence-electron chi connectivity index (χ0n) is 18.7. The summed E-state index contributed by atoms with van der Waals surface area (Å²) in [5.41, 5.74) is 1.82. The SMILES string of the molecule is COc1cc(C(=O)Oc2ccc(C=C3N=C(c4ccccc4)OC3=O)cc2)cc(OC)c1OC. The van der Waals surface area contributed by atoms with Crippen molar-refractivity contribution in [2.24, 2.45) is 4.99 Å². The highest BCUT2D eigenvalue weighted by atomic mass is 16.6. The van der Waals surface area contributed by atoms with Crippen LogP contribution in [0.2, 0.25) is 0 Å². The minimum absolute atomic E-state index is 0.182. The number of aliphatic imine (C=N–C) groups is 1. The lowest BCUT2D eigenvalue weighted by Gasteiger charge is -2.13. The summed E-state index contributed by atoms with van der Waals surface area (Å²) < 4.78 is 26.5. The van der Waals surface area contributed by atoms with Gasteiger partial charge in [0.15, 0.2) is 17.2 Å². The van der Waals surface area contributed by atoms with E-state index in [0.29, 0.717) is 34.1 Å². The third-order valence-corrected chi connectivity index (χ3v) is 4.94. The zero-order chi connectivity index (χ0) is 24.1. The molecule has 3 aromatic rings. The normalized spacial score (nSPS) is 13.8. The Morgan fingerprint density at radius 1 is 0.882 bits per heavy atom. The highest BCUT2D eigenvalue weighted by Crippen LogP contribution is 2.38. The second kappa shape index (κ2) is 9.91. The number of rotatable bonds is 7. The van der Waals surface area contributed by atoms with Gasteiger partial charge in [0, 0.05) is 5.56 Å². The molecule has 0 spiro atoms. The third kappa shape index (κ3) is 4.75. The van der Waals surface area contributed by atoms with Crippen molar-refractivity contribution in [3.05, 3.63) is 89.1 Å². The molecule has 0 radical (unpaired) electrons. The van der Waals surface area contributed by atoms with E-state index < -0.39 is 11.9 Å². The fourth-order valence-corrected chi connectivity index (χ4v) is 3.27. The first kappa shape index (κ1) is 22.6. The van der Waals surface area contributed by atoms with Crippen LogP contribution in [0, 0.1) is 0 Å². The monoisotopic (exact) mass is 459 g/mol. The summed E-state index contributed by atoms with van der Waals surface area (Å²) in [6, 6.07) is 18.8. The first-order valence-electron chi connectivity index (χ1n) is 10.2. The zero-order valence-corrected chi connectivity index (χ0v) is 18.7. The molecular weight excluding hydrogens is 438 g/mol. The lowest BCUT2D eigenvalue weighted by atomic mass is 10.1. The van der Waals surface area contributed by atoms with Gasteiger partial charge in [-0.05, 0) is 48.0 Å². The Balaban J connectivity index is 1.50. The van der Waals surface area contributed by atoms with Gasteiger partial charge < -0.3 is 23.7 Å². The smallest absolute Gasteiger partial charge is 0.363 e. The van der Waals surface area contributed by atoms with Gasteiger partial charge in [-0.3, -0.25) is 0 Å². The average Bonchev–Trinajstić information content (AvgIpc) is 3.24. The molecule has 0 unspecified atom stereocenters. The van der Waals surface area contributed by atoms with E-state index in [1.54, 1.807) is 30.3 Å². The van der Waals surface area contributed by atoms with Gasteiger partial charge in [-0.2, -0.15) is 0 Å². The Labute approximate surface area is 196 Å². The van der Waals surface area contributed by atoms with E-state index in [2.05, 4.69) is 4.99 Å². The number of cyclic esters (lactones) is 1. The highest BCUT2D eigenvalue weighted by Gasteiger charge is 2.24. The molecule has 0 amide bonds. The Morgan fingerprint density at radius 3 is 2.12 bits per heavy atom. The molecular formula is C26H21NO7. The fourth-order valence-electron chi connectivity index (χ4n) is 3.27. The topological polar surface area (TPSA) is 92.7 Å². The number of hydrogen-bond acceptors (Lipinski definition) is 8. The molecule has 0 saturated heterocycles. The van der Waals surface area contributed by atoms with Gasteiger partial charge in [0.2, 0.25) is 11.6 Å². The van der Waals surface area contributed by atoms with E-state index in [9.17, 15) is 9.59 Å². The average molecular weight is 459 g/mol. The number of methoxy groups -OCH3 is 3. The molecule has 172 valence electrons. The molecule has 1 aliphatic heterocycles. The summed E-state index contributed by atoms with van der Waals surface area (Å²) in [4.78, 5) is 29.1. The maximum Gasteiger partial charge on any atom is 0.363 e. The van der Waals surface area contributed by atoms with Crippen LogP contribution in [-0.4, -0.2) is 39.2 Å². The van der Waals surface area contributed by atoms with Crippen molar-refractivity contribution in [3.63, 3.8) is 0 Å². The molecule has 0 saturated carbocycles. The quantitative estimate of drug-likeness (QED) is 0.296. The standard InChI is InChI=1S/C26H21NO7/c1-30-21-14-18(15-22(31-2)23(21)32-3)25(28)33-19-11-9-16(10-12-19)13-20-26(29)34-24(27-20)17-7-5-4-6-8-17/h4-15H,1-3H3. The Morgan fingerprint density at radius 2 is 1.53 bits per heavy atom. The number of hydrogen-bond donors (Lipinski definition) is 0. The number of carbonyl (C=O) groups excluding carboxylic acids is 2. The van der Waals surface area contributed by atoms with Crippen molar-refractivity contribution in [1.29, 1.82) is 0 Å². The number of benzene rings is 3. The molecule has 0 aliphatic carbocycles. The number of carbonyl (C=O) groups is 2. The first-order chi connectivity index (χ1) is 16.5. The number of esters is 2. The van der Waals surface area contributed by atoms with Crippen LogP contribution in [0.3, 0.4) is 0 Å². The summed E-state index contributed by atoms with van der Waals surface area (Å²) in [5.74, 6) is 0.515. The van der Waals surface area contributed by atoms with Crippen LogP contribution in [-0.2, 0) is 9.53 Å². The number of nitrogens with zero attached hydrogens (tertiary/aromatic N) is 1. The first-order valence-corrected chi connectivity index (χ1v) is 10.2. The van der Waals surface area contributed by atoms with E-state index >= 15 is 0 Å². The predicted octanol–water partition coefficient (Wildman–Crippen LogP) is 4.28. The molecule has 34 heavy (non-hydrogen) atoms. The lowest BCUT2D eigenvalue weighted by molar-refractivity contribution is -0.129. The third-order valence-electron chi connectivity index (χ3n) is 4.94. The van der Waals surface area contributed by atoms with E-state index in [0.717, 1.165) is 0 Å². The summed E-state index contributed by atoms with van der Waals surface area (Å²) in [7, 11) is 4.41. The molecule has 8 heteroatoms. The van der Waals surface area contributed by atoms with Crippen molar-refractivity contribution >= 4 is 23.9 Å². The Bertz CT molecular complexity index is 1250. The van der Waals surface area contributed by atoms with Crippen LogP contribution in [0.25, 0.3) is 6.08 Å². The van der Waals surface area contributed by atoms with E-state index in [-0.39, 0.29) is 17.2 Å². The van der Waals surface area contributed by atoms with Crippen LogP contribution in [0.1, 0.15) is 21.5 Å². The van der Waals surface area contributed by atoms with Crippen molar-refractivity contribution < 1.29 is 33.3 Å². The van der Waals surface area contributed by atoms with Gasteiger partial charge in [0.05, 0.1) is 26.9 Å². The van der Waals surface area contributed by atoms with E-state index in [1.807, 2.05) is 30.3 Å². The molecule has 0 bridgehead atoms. The van der Waals surface area contributed by atoms with Gasteiger partial charge in [0.25, 0.3) is 0 Å². The Hall–Kier alpha value is -4.59. The second-order valence-corrected chi connectivity index (χ2v) is 7.07. The molecule has 0 fully saturated rings. The van der Waals surface area contributed by atoms with Gasteiger partial charge in [-0.25, -0.2) is 14.6 Å². The molecule has 4 rings (SSSR count). The number of ether oxygens (including phenoxy) is 5. The van der Waals surface area contributed by atoms with Gasteiger partial charge in [0.1, 0.15) is 5.75 Å². The molecule has 1 heterocycles. The van der Waals surface area contributed by atoms with Gasteiger partial charge in [-0.15, -0.1) is 0 Å². The van der Waals surface area contributed by atoms with Crippen LogP contribution in [0.5, 0.6) is 23.0 Å². The van der Waals surface area contributed by atoms with Crippen molar-refractivity contribution in [2.75, 3.05) is 21.3 Å². The molecule has 8 nitrogen and oxygen atoms in total. The molecule has 1 aliphatic rings. The van der Waals surface area contributed by atoms with Crippen LogP contribution in [0.15, 0.2) is 77.4 Å². The molecule has 0 atom stereocenters. The maximum atomic E-state index is 12.7.